The van der Waals surface area contributed by atoms with Gasteiger partial charge in [0.2, 0.25) is 17.7 Å². The molecule has 0 bridgehead atoms. The van der Waals surface area contributed by atoms with Gasteiger partial charge in [0.15, 0.2) is 13.8 Å². The summed E-state index contributed by atoms with van der Waals surface area (Å²) in [6, 6.07) is 24.0. The summed E-state index contributed by atoms with van der Waals surface area (Å²) in [5.74, 6) is -2.23. The molecule has 3 aromatic carbocycles. The molecule has 1 aliphatic heterocycles. The zero-order chi connectivity index (χ0) is 41.5. The lowest BCUT2D eigenvalue weighted by atomic mass is 9.84. The van der Waals surface area contributed by atoms with Crippen LogP contribution in [0.5, 0.6) is 11.5 Å². The van der Waals surface area contributed by atoms with E-state index in [-0.39, 0.29) is 30.6 Å². The van der Waals surface area contributed by atoms with Gasteiger partial charge in [-0.25, -0.2) is 13.0 Å². The third kappa shape index (κ3) is 12.9. The highest BCUT2D eigenvalue weighted by atomic mass is 32.2. The van der Waals surface area contributed by atoms with Crippen molar-refractivity contribution in [1.29, 1.82) is 0 Å². The van der Waals surface area contributed by atoms with Crippen molar-refractivity contribution in [3.63, 3.8) is 0 Å². The minimum absolute atomic E-state index is 0.0295. The van der Waals surface area contributed by atoms with Crippen LogP contribution in [0.2, 0.25) is 0 Å². The van der Waals surface area contributed by atoms with E-state index in [1.807, 2.05) is 30.3 Å². The van der Waals surface area contributed by atoms with Gasteiger partial charge in [-0.2, -0.15) is 0 Å². The summed E-state index contributed by atoms with van der Waals surface area (Å²) >= 11 is 0. The number of likely N-dealkylation sites (tertiary alicyclic amines) is 1. The molecule has 58 heavy (non-hydrogen) atoms. The Morgan fingerprint density at radius 2 is 1.45 bits per heavy atom. The van der Waals surface area contributed by atoms with Crippen molar-refractivity contribution < 1.29 is 41.2 Å². The molecule has 6 unspecified atom stereocenters. The Morgan fingerprint density at radius 3 is 2.03 bits per heavy atom. The number of rotatable bonds is 22. The molecular formula is C42H58BN4O9PS. The molecule has 1 saturated heterocycles. The van der Waals surface area contributed by atoms with Gasteiger partial charge in [0.25, 0.3) is 0 Å². The topological polar surface area (TPSA) is 169 Å². The first-order chi connectivity index (χ1) is 27.9. The van der Waals surface area contributed by atoms with E-state index in [0.717, 1.165) is 37.5 Å². The minimum atomic E-state index is -4.13. The van der Waals surface area contributed by atoms with Crippen LogP contribution in [-0.2, 0) is 40.1 Å². The molecule has 1 heterocycles. The van der Waals surface area contributed by atoms with E-state index >= 15 is 0 Å². The summed E-state index contributed by atoms with van der Waals surface area (Å²) in [4.78, 5) is 44.6. The molecule has 13 nitrogen and oxygen atoms in total. The number of hydrogen-bond donors (Lipinski definition) is 3. The van der Waals surface area contributed by atoms with E-state index in [1.54, 1.807) is 80.5 Å². The minimum Gasteiger partial charge on any atom is -0.415 e. The first kappa shape index (κ1) is 44.9. The normalized spacial score (nSPS) is 19.6. The highest BCUT2D eigenvalue weighted by Crippen LogP contribution is 2.53. The van der Waals surface area contributed by atoms with Crippen molar-refractivity contribution >= 4 is 43.1 Å². The van der Waals surface area contributed by atoms with Crippen LogP contribution in [0.25, 0.3) is 0 Å². The van der Waals surface area contributed by atoms with E-state index in [1.165, 1.54) is 0 Å². The molecular weight excluding hydrogens is 778 g/mol. The van der Waals surface area contributed by atoms with Gasteiger partial charge in [-0.15, -0.1) is 0 Å². The van der Waals surface area contributed by atoms with Crippen molar-refractivity contribution in [1.82, 2.24) is 20.8 Å². The summed E-state index contributed by atoms with van der Waals surface area (Å²) in [7, 11) is -5.97. The molecule has 5 rings (SSSR count). The van der Waals surface area contributed by atoms with Crippen LogP contribution in [-0.4, -0.2) is 87.6 Å². The van der Waals surface area contributed by atoms with Crippen molar-refractivity contribution in [2.24, 2.45) is 5.92 Å². The fourth-order valence-corrected chi connectivity index (χ4v) is 10.4. The SMILES string of the molecule is BNC(CCCCOCc1ccccc1)C(=O)NC(CCS(C)(=O)=O)C(=O)N1C(C(=O)NC(CC)P(=O)(Oc2ccccc2)Oc2ccccc2)CC2CCCCC21. The number of benzene rings is 3. The highest BCUT2D eigenvalue weighted by Gasteiger charge is 2.50. The summed E-state index contributed by atoms with van der Waals surface area (Å²) in [6.07, 6.45) is 6.67. The maximum Gasteiger partial charge on any atom is 0.452 e. The quantitative estimate of drug-likeness (QED) is 0.0699. The van der Waals surface area contributed by atoms with Gasteiger partial charge in [0.1, 0.15) is 33.4 Å². The molecule has 0 radical (unpaired) electrons. The van der Waals surface area contributed by atoms with Crippen LogP contribution < -0.4 is 24.9 Å². The summed E-state index contributed by atoms with van der Waals surface area (Å²) in [5.41, 5.74) is 1.08. The average Bonchev–Trinajstić information content (AvgIpc) is 3.61. The number of sulfone groups is 1. The number of hydrogen-bond acceptors (Lipinski definition) is 10. The van der Waals surface area contributed by atoms with Crippen molar-refractivity contribution in [3.05, 3.63) is 96.6 Å². The second-order valence-electron chi connectivity index (χ2n) is 15.2. The van der Waals surface area contributed by atoms with E-state index < -0.39 is 59.1 Å². The number of amides is 3. The smallest absolute Gasteiger partial charge is 0.415 e. The summed E-state index contributed by atoms with van der Waals surface area (Å²) < 4.78 is 57.5. The predicted molar refractivity (Wildman–Crippen MR) is 227 cm³/mol. The second-order valence-corrected chi connectivity index (χ2v) is 19.6. The lowest BCUT2D eigenvalue weighted by Gasteiger charge is -2.37. The first-order valence-electron chi connectivity index (χ1n) is 20.4. The predicted octanol–water partition coefficient (Wildman–Crippen LogP) is 5.16. The third-order valence-electron chi connectivity index (χ3n) is 10.9. The maximum absolute atomic E-state index is 14.8. The van der Waals surface area contributed by atoms with Crippen molar-refractivity contribution in [3.8, 4) is 11.5 Å². The number of para-hydroxylation sites is 2. The fraction of sp³-hybridized carbons (Fsp3) is 0.500. The number of carbonyl (C=O) groups excluding carboxylic acids is 3. The molecule has 2 aliphatic rings. The van der Waals surface area contributed by atoms with Gasteiger partial charge in [-0.3, -0.25) is 14.4 Å². The zero-order valence-corrected chi connectivity index (χ0v) is 35.5. The number of ether oxygens (including phenoxy) is 1. The van der Waals surface area contributed by atoms with Gasteiger partial charge in [-0.1, -0.05) is 86.5 Å². The van der Waals surface area contributed by atoms with E-state index in [4.69, 9.17) is 13.8 Å². The Balaban J connectivity index is 1.32. The zero-order valence-electron chi connectivity index (χ0n) is 33.8. The van der Waals surface area contributed by atoms with E-state index in [2.05, 4.69) is 15.9 Å². The lowest BCUT2D eigenvalue weighted by molar-refractivity contribution is -0.144. The maximum atomic E-state index is 14.8. The fourth-order valence-electron chi connectivity index (χ4n) is 7.84. The van der Waals surface area contributed by atoms with Crippen LogP contribution in [0.1, 0.15) is 76.7 Å². The molecule has 314 valence electrons. The van der Waals surface area contributed by atoms with Crippen LogP contribution in [0.3, 0.4) is 0 Å². The number of nitrogens with one attached hydrogen (secondary N) is 3. The van der Waals surface area contributed by atoms with E-state index in [0.29, 0.717) is 50.4 Å². The van der Waals surface area contributed by atoms with Crippen LogP contribution in [0.4, 0.5) is 0 Å². The molecule has 3 aromatic rings. The molecule has 3 N–H and O–H groups in total. The van der Waals surface area contributed by atoms with Crippen LogP contribution in [0, 0.1) is 5.92 Å². The molecule has 16 heteroatoms. The lowest BCUT2D eigenvalue weighted by Crippen LogP contribution is -2.59. The molecule has 0 aromatic heterocycles. The van der Waals surface area contributed by atoms with Gasteiger partial charge < -0.3 is 34.5 Å². The monoisotopic (exact) mass is 836 g/mol. The molecule has 3 amide bonds. The standard InChI is InChI=1S/C42H58BN4O9PS/c1-3-39(57(51,55-33-20-9-5-10-21-33)56-34-22-11-6-12-23-34)45-41(49)38-29-32-19-13-14-25-37(32)47(38)42(50)36(26-28-58(2,52)53)44-40(48)35(46-43)24-15-16-27-54-30-31-17-7-4-8-18-31/h4-12,17-18,20-23,32,35-39,46H,3,13-16,19,24-30,43H2,1-2H3,(H,44,48)(H,45,49). The Morgan fingerprint density at radius 1 is 0.845 bits per heavy atom. The number of unbranched alkanes of at least 4 members (excludes halogenated alkanes) is 1. The summed E-state index contributed by atoms with van der Waals surface area (Å²) in [5, 5.41) is 8.86. The average molecular weight is 837 g/mol. The van der Waals surface area contributed by atoms with Crippen molar-refractivity contribution in [2.75, 3.05) is 18.6 Å². The van der Waals surface area contributed by atoms with E-state index in [9.17, 15) is 27.4 Å². The molecule has 1 aliphatic carbocycles. The Bertz CT molecular complexity index is 1880. The number of fused-ring (bicyclic) bond motifs is 1. The molecule has 6 atom stereocenters. The second kappa shape index (κ2) is 21.7. The Hall–Kier alpha value is -4.17. The van der Waals surface area contributed by atoms with Gasteiger partial charge in [-0.05, 0) is 87.1 Å². The van der Waals surface area contributed by atoms with Gasteiger partial charge >= 0.3 is 7.60 Å². The highest BCUT2D eigenvalue weighted by molar-refractivity contribution is 7.90. The summed E-state index contributed by atoms with van der Waals surface area (Å²) in [6.45, 7) is 2.79. The molecule has 2 fully saturated rings. The molecule has 1 saturated carbocycles. The van der Waals surface area contributed by atoms with Crippen LogP contribution in [0.15, 0.2) is 91.0 Å². The Labute approximate surface area is 344 Å². The Kier molecular flexibility index (Phi) is 16.8. The van der Waals surface area contributed by atoms with Crippen molar-refractivity contribution in [2.45, 2.75) is 108 Å². The number of carbonyl (C=O) groups is 3. The van der Waals surface area contributed by atoms with Gasteiger partial charge in [0.05, 0.1) is 18.4 Å². The number of nitrogens with zero attached hydrogens (tertiary/aromatic N) is 1. The molecule has 0 spiro atoms. The first-order valence-corrected chi connectivity index (χ1v) is 24.1. The largest absolute Gasteiger partial charge is 0.452 e. The van der Waals surface area contributed by atoms with Gasteiger partial charge in [0, 0.05) is 18.9 Å². The third-order valence-corrected chi connectivity index (χ3v) is 14.0. The van der Waals surface area contributed by atoms with Crippen LogP contribution >= 0.6 is 7.60 Å².